The Labute approximate surface area is 295 Å². The minimum Gasteiger partial charge on any atom is -0.456 e. The molecule has 1 fully saturated rings. The van der Waals surface area contributed by atoms with Gasteiger partial charge in [-0.25, -0.2) is 14.4 Å². The highest BCUT2D eigenvalue weighted by molar-refractivity contribution is 7.96. The first-order valence-electron chi connectivity index (χ1n) is 16.2. The van der Waals surface area contributed by atoms with E-state index in [4.69, 9.17) is 14.2 Å². The molecule has 2 amide bonds. The Balaban J connectivity index is 1.54. The molecule has 0 aliphatic carbocycles. The second kappa shape index (κ2) is 16.2. The molecule has 0 spiro atoms. The van der Waals surface area contributed by atoms with Gasteiger partial charge in [-0.2, -0.15) is 0 Å². The van der Waals surface area contributed by atoms with E-state index < -0.39 is 49.7 Å². The maximum Gasteiger partial charge on any atom is 0.408 e. The van der Waals surface area contributed by atoms with Crippen molar-refractivity contribution in [2.45, 2.75) is 25.5 Å². The minimum absolute atomic E-state index is 0.0709. The highest BCUT2D eigenvalue weighted by Crippen LogP contribution is 2.49. The summed E-state index contributed by atoms with van der Waals surface area (Å²) in [6.45, 7) is -4.55. The standard InChI is InChI=1S/C40H35N2O8P/c43-26-34(44)50-37-35(41-40(47)49-28-30-18-8-2-9-19-30)36(45)42(37)38(39(46)48-27-29-16-6-1-7-17-29)51(31-20-10-3-11-21-31,32-22-12-4-13-23-32)33-24-14-5-15-25-33/h1-25,35,37,43H,26-28H2,(H,41,47)/t35-,37-/m0/s1. The molecule has 0 radical (unpaired) electrons. The van der Waals surface area contributed by atoms with E-state index in [-0.39, 0.29) is 18.6 Å². The van der Waals surface area contributed by atoms with Crippen LogP contribution in [-0.4, -0.2) is 58.2 Å². The number of aliphatic hydroxyl groups excluding tert-OH is 1. The summed E-state index contributed by atoms with van der Waals surface area (Å²) in [4.78, 5) is 56.0. The van der Waals surface area contributed by atoms with Crippen LogP contribution < -0.4 is 21.2 Å². The van der Waals surface area contributed by atoms with Crippen LogP contribution in [0.3, 0.4) is 0 Å². The number of nitrogens with one attached hydrogen (secondary N) is 1. The van der Waals surface area contributed by atoms with E-state index in [1.54, 1.807) is 24.3 Å². The number of nitrogens with zero attached hydrogens (tertiary/aromatic N) is 1. The van der Waals surface area contributed by atoms with E-state index in [0.29, 0.717) is 21.5 Å². The Morgan fingerprint density at radius 1 is 0.627 bits per heavy atom. The summed E-state index contributed by atoms with van der Waals surface area (Å²) in [6, 6.07) is 44.5. The van der Waals surface area contributed by atoms with Crippen LogP contribution in [0, 0.1) is 0 Å². The number of likely N-dealkylation sites (tertiary alicyclic amines) is 1. The third-order valence-corrected chi connectivity index (χ3v) is 12.5. The molecule has 0 unspecified atom stereocenters. The maximum absolute atomic E-state index is 14.8. The van der Waals surface area contributed by atoms with Gasteiger partial charge >= 0.3 is 18.0 Å². The SMILES string of the molecule is O=C(CO)O[C@H]1[C@@H](NC(=O)OCc2ccccc2)C(=O)N1C(C(=O)OCc1ccccc1)=P(c1ccccc1)(c1ccccc1)c1ccccc1. The number of benzene rings is 5. The van der Waals surface area contributed by atoms with Crippen LogP contribution >= 0.6 is 6.89 Å². The smallest absolute Gasteiger partial charge is 0.408 e. The first-order valence-corrected chi connectivity index (χ1v) is 18.0. The predicted molar refractivity (Wildman–Crippen MR) is 194 cm³/mol. The van der Waals surface area contributed by atoms with E-state index in [0.717, 1.165) is 10.5 Å². The summed E-state index contributed by atoms with van der Waals surface area (Å²) >= 11 is 0. The van der Waals surface area contributed by atoms with E-state index >= 15 is 0 Å². The largest absolute Gasteiger partial charge is 0.456 e. The first-order chi connectivity index (χ1) is 24.9. The number of carbonyl (C=O) groups is 4. The number of hydrogen-bond donors (Lipinski definition) is 2. The van der Waals surface area contributed by atoms with Crippen LogP contribution in [0.15, 0.2) is 152 Å². The molecule has 10 nitrogen and oxygen atoms in total. The van der Waals surface area contributed by atoms with Gasteiger partial charge in [0.25, 0.3) is 5.91 Å². The fourth-order valence-electron chi connectivity index (χ4n) is 5.96. The molecule has 11 heteroatoms. The van der Waals surface area contributed by atoms with Crippen molar-refractivity contribution in [3.05, 3.63) is 163 Å². The lowest BCUT2D eigenvalue weighted by Crippen LogP contribution is -2.74. The van der Waals surface area contributed by atoms with Gasteiger partial charge in [-0.3, -0.25) is 9.69 Å². The first kappa shape index (κ1) is 34.9. The van der Waals surface area contributed by atoms with Crippen molar-refractivity contribution in [1.82, 2.24) is 10.2 Å². The minimum atomic E-state index is -3.35. The number of hydrogen-bond acceptors (Lipinski definition) is 8. The Morgan fingerprint density at radius 2 is 1.04 bits per heavy atom. The van der Waals surface area contributed by atoms with Crippen molar-refractivity contribution < 1.29 is 38.5 Å². The van der Waals surface area contributed by atoms with Gasteiger partial charge < -0.3 is 24.6 Å². The number of esters is 2. The zero-order valence-corrected chi connectivity index (χ0v) is 28.3. The van der Waals surface area contributed by atoms with E-state index in [1.807, 2.05) is 127 Å². The van der Waals surface area contributed by atoms with E-state index in [2.05, 4.69) is 5.32 Å². The topological polar surface area (TPSA) is 131 Å². The summed E-state index contributed by atoms with van der Waals surface area (Å²) in [5.74, 6) is -2.63. The summed E-state index contributed by atoms with van der Waals surface area (Å²) in [5, 5.41) is 14.4. The van der Waals surface area contributed by atoms with Gasteiger partial charge in [0.15, 0.2) is 6.04 Å². The third kappa shape index (κ3) is 7.48. The summed E-state index contributed by atoms with van der Waals surface area (Å²) in [5.41, 5.74) is 1.36. The number of carbonyl (C=O) groups excluding carboxylic acids is 4. The Morgan fingerprint density at radius 3 is 1.47 bits per heavy atom. The Hall–Kier alpha value is -5.96. The molecule has 0 aromatic heterocycles. The molecule has 2 atom stereocenters. The van der Waals surface area contributed by atoms with Crippen molar-refractivity contribution in [3.8, 4) is 0 Å². The second-order valence-electron chi connectivity index (χ2n) is 11.5. The van der Waals surface area contributed by atoms with Gasteiger partial charge in [-0.05, 0) is 27.0 Å². The van der Waals surface area contributed by atoms with Crippen LogP contribution in [0.1, 0.15) is 11.1 Å². The summed E-state index contributed by atoms with van der Waals surface area (Å²) in [6.07, 6.45) is -2.47. The quantitative estimate of drug-likeness (QED) is 0.0868. The normalized spacial score (nSPS) is 15.2. The van der Waals surface area contributed by atoms with Crippen LogP contribution in [-0.2, 0) is 41.8 Å². The average molecular weight is 703 g/mol. The van der Waals surface area contributed by atoms with Gasteiger partial charge in [0.1, 0.15) is 25.2 Å². The maximum atomic E-state index is 14.8. The lowest BCUT2D eigenvalue weighted by Gasteiger charge is -2.48. The predicted octanol–water partition coefficient (Wildman–Crippen LogP) is 3.85. The van der Waals surface area contributed by atoms with E-state index in [1.165, 1.54) is 0 Å². The van der Waals surface area contributed by atoms with Crippen LogP contribution in [0.25, 0.3) is 0 Å². The zero-order valence-electron chi connectivity index (χ0n) is 27.4. The zero-order chi connectivity index (χ0) is 35.6. The highest BCUT2D eigenvalue weighted by Gasteiger charge is 2.57. The molecule has 0 bridgehead atoms. The van der Waals surface area contributed by atoms with Crippen molar-refractivity contribution >= 4 is 52.2 Å². The lowest BCUT2D eigenvalue weighted by atomic mass is 10.0. The lowest BCUT2D eigenvalue weighted by molar-refractivity contribution is -0.183. The molecule has 1 aliphatic heterocycles. The number of β-lactam (4-membered cyclic amide) rings is 1. The molecule has 2 N–H and O–H groups in total. The molecular weight excluding hydrogens is 667 g/mol. The molecule has 258 valence electrons. The van der Waals surface area contributed by atoms with Crippen molar-refractivity contribution in [2.75, 3.05) is 6.61 Å². The van der Waals surface area contributed by atoms with E-state index in [9.17, 15) is 24.3 Å². The summed E-state index contributed by atoms with van der Waals surface area (Å²) < 4.78 is 17.0. The van der Waals surface area contributed by atoms with Crippen molar-refractivity contribution in [3.63, 3.8) is 0 Å². The van der Waals surface area contributed by atoms with Crippen LogP contribution in [0.5, 0.6) is 0 Å². The number of rotatable bonds is 12. The van der Waals surface area contributed by atoms with Gasteiger partial charge in [0.2, 0.25) is 6.23 Å². The monoisotopic (exact) mass is 702 g/mol. The molecule has 1 aliphatic rings. The Kier molecular flexibility index (Phi) is 11.1. The fourth-order valence-corrected chi connectivity index (χ4v) is 10.3. The molecule has 0 saturated carbocycles. The Bertz CT molecular complexity index is 1920. The molecule has 6 rings (SSSR count). The third-order valence-electron chi connectivity index (χ3n) is 8.28. The average Bonchev–Trinajstić information content (AvgIpc) is 3.19. The highest BCUT2D eigenvalue weighted by atomic mass is 31.2. The number of aliphatic hydroxyl groups is 1. The number of alkyl carbamates (subject to hydrolysis) is 1. The van der Waals surface area contributed by atoms with Crippen LogP contribution in [0.2, 0.25) is 0 Å². The molecule has 5 aromatic rings. The molecular formula is C40H35N2O8P. The fraction of sp³-hybridized carbons (Fsp3) is 0.125. The second-order valence-corrected chi connectivity index (χ2v) is 14.8. The van der Waals surface area contributed by atoms with Gasteiger partial charge in [-0.15, -0.1) is 0 Å². The van der Waals surface area contributed by atoms with Gasteiger partial charge in [0.05, 0.1) is 0 Å². The molecule has 5 aromatic carbocycles. The number of ether oxygens (including phenoxy) is 3. The van der Waals surface area contributed by atoms with Crippen LogP contribution in [0.4, 0.5) is 4.79 Å². The molecule has 1 saturated heterocycles. The van der Waals surface area contributed by atoms with Crippen molar-refractivity contribution in [1.29, 1.82) is 0 Å². The van der Waals surface area contributed by atoms with Gasteiger partial charge in [-0.1, -0.05) is 152 Å². The van der Waals surface area contributed by atoms with Crippen molar-refractivity contribution in [2.24, 2.45) is 0 Å². The molecule has 51 heavy (non-hydrogen) atoms. The number of amides is 2. The van der Waals surface area contributed by atoms with Gasteiger partial charge in [0, 0.05) is 6.89 Å². The molecule has 1 heterocycles. The summed E-state index contributed by atoms with van der Waals surface area (Å²) in [7, 11) is 0.